The fourth-order valence-electron chi connectivity index (χ4n) is 5.12. The van der Waals surface area contributed by atoms with Crippen LogP contribution >= 0.6 is 22.7 Å². The zero-order chi connectivity index (χ0) is 23.4. The number of carbonyl (C=O) groups is 2. The van der Waals surface area contributed by atoms with Crippen LogP contribution in [0.5, 0.6) is 0 Å². The van der Waals surface area contributed by atoms with Crippen LogP contribution in [0.1, 0.15) is 63.8 Å². The Labute approximate surface area is 200 Å². The molecule has 3 heterocycles. The number of nitrogens with zero attached hydrogens (tertiary/aromatic N) is 2. The van der Waals surface area contributed by atoms with Crippen LogP contribution in [0.4, 0.5) is 5.00 Å². The highest BCUT2D eigenvalue weighted by Gasteiger charge is 2.28. The third-order valence-electron chi connectivity index (χ3n) is 6.92. The lowest BCUT2D eigenvalue weighted by molar-refractivity contribution is -0.116. The second-order valence-electron chi connectivity index (χ2n) is 9.55. The van der Waals surface area contributed by atoms with Gasteiger partial charge in [-0.1, -0.05) is 13.8 Å². The number of hydrogen-bond donors (Lipinski definition) is 2. The lowest BCUT2D eigenvalue weighted by Gasteiger charge is -2.18. The number of anilines is 1. The number of primary amides is 1. The summed E-state index contributed by atoms with van der Waals surface area (Å²) in [6.07, 6.45) is 5.60. The van der Waals surface area contributed by atoms with E-state index in [1.54, 1.807) is 18.3 Å². The molecule has 0 aliphatic heterocycles. The number of thiophene rings is 2. The topological polar surface area (TPSA) is 107 Å². The van der Waals surface area contributed by atoms with Crippen LogP contribution in [-0.2, 0) is 37.0 Å². The maximum absolute atomic E-state index is 13.4. The molecule has 0 radical (unpaired) electrons. The smallest absolute Gasteiger partial charge is 0.263 e. The van der Waals surface area contributed by atoms with Gasteiger partial charge in [0, 0.05) is 9.75 Å². The predicted octanol–water partition coefficient (Wildman–Crippen LogP) is 3.82. The summed E-state index contributed by atoms with van der Waals surface area (Å²) in [5.41, 5.74) is 8.01. The molecule has 2 aliphatic rings. The number of rotatable bonds is 4. The average molecular weight is 485 g/mol. The highest BCUT2D eigenvalue weighted by Crippen LogP contribution is 2.39. The number of amides is 2. The zero-order valence-electron chi connectivity index (χ0n) is 19.1. The molecule has 2 atom stereocenters. The van der Waals surface area contributed by atoms with Crippen LogP contribution in [0.3, 0.4) is 0 Å². The normalized spacial score (nSPS) is 19.8. The molecule has 0 fully saturated rings. The summed E-state index contributed by atoms with van der Waals surface area (Å²) in [5, 5.41) is 4.03. The maximum atomic E-state index is 13.4. The first-order chi connectivity index (χ1) is 15.7. The largest absolute Gasteiger partial charge is 0.365 e. The van der Waals surface area contributed by atoms with Crippen molar-refractivity contribution in [2.75, 3.05) is 5.32 Å². The summed E-state index contributed by atoms with van der Waals surface area (Å²) in [5.74, 6) is 0.794. The van der Waals surface area contributed by atoms with Crippen LogP contribution in [0.15, 0.2) is 4.79 Å². The minimum atomic E-state index is -0.520. The summed E-state index contributed by atoms with van der Waals surface area (Å²) in [4.78, 5) is 46.4. The molecule has 2 unspecified atom stereocenters. The van der Waals surface area contributed by atoms with Crippen molar-refractivity contribution >= 4 is 49.7 Å². The summed E-state index contributed by atoms with van der Waals surface area (Å²) in [7, 11) is 0. The van der Waals surface area contributed by atoms with Crippen LogP contribution in [0.2, 0.25) is 0 Å². The van der Waals surface area contributed by atoms with Crippen molar-refractivity contribution in [2.45, 2.75) is 65.8 Å². The average Bonchev–Trinajstić information content (AvgIpc) is 3.27. The standard InChI is InChI=1S/C24H28N4O3S2/c1-11-4-6-14-16(8-11)32-22(19(14)21(25)30)27-18(29)10-28-13(3)26-23-20(24(28)31)15-7-5-12(2)9-17(15)33-23/h11-12H,4-10H2,1-3H3,(H2,25,30)(H,27,29). The van der Waals surface area contributed by atoms with Crippen molar-refractivity contribution in [3.05, 3.63) is 42.6 Å². The summed E-state index contributed by atoms with van der Waals surface area (Å²) in [6.45, 7) is 6.03. The Morgan fingerprint density at radius 3 is 2.39 bits per heavy atom. The minimum Gasteiger partial charge on any atom is -0.365 e. The van der Waals surface area contributed by atoms with E-state index < -0.39 is 5.91 Å². The number of nitrogens with two attached hydrogens (primary N) is 1. The molecule has 5 rings (SSSR count). The van der Waals surface area contributed by atoms with E-state index in [4.69, 9.17) is 5.73 Å². The van der Waals surface area contributed by atoms with Gasteiger partial charge < -0.3 is 11.1 Å². The predicted molar refractivity (Wildman–Crippen MR) is 132 cm³/mol. The Morgan fingerprint density at radius 2 is 1.73 bits per heavy atom. The number of nitrogens with one attached hydrogen (secondary N) is 1. The minimum absolute atomic E-state index is 0.147. The Kier molecular flexibility index (Phi) is 5.64. The number of aromatic nitrogens is 2. The lowest BCUT2D eigenvalue weighted by atomic mass is 9.88. The SMILES string of the molecule is Cc1nc2sc3c(c2c(=O)n1CC(=O)Nc1sc2c(c1C(N)=O)CCC(C)C2)CCC(C)C3. The monoisotopic (exact) mass is 484 g/mol. The van der Waals surface area contributed by atoms with E-state index in [1.807, 2.05) is 0 Å². The third-order valence-corrected chi connectivity index (χ3v) is 9.24. The molecule has 9 heteroatoms. The highest BCUT2D eigenvalue weighted by molar-refractivity contribution is 7.18. The van der Waals surface area contributed by atoms with Gasteiger partial charge in [-0.05, 0) is 68.4 Å². The molecule has 0 bridgehead atoms. The second kappa shape index (κ2) is 8.36. The Morgan fingerprint density at radius 1 is 1.09 bits per heavy atom. The van der Waals surface area contributed by atoms with E-state index in [0.29, 0.717) is 33.6 Å². The molecule has 0 saturated carbocycles. The first-order valence-electron chi connectivity index (χ1n) is 11.5. The van der Waals surface area contributed by atoms with Gasteiger partial charge in [-0.2, -0.15) is 0 Å². The van der Waals surface area contributed by atoms with Gasteiger partial charge in [0.05, 0.1) is 10.9 Å². The van der Waals surface area contributed by atoms with Gasteiger partial charge in [-0.3, -0.25) is 19.0 Å². The van der Waals surface area contributed by atoms with Crippen LogP contribution < -0.4 is 16.6 Å². The molecule has 33 heavy (non-hydrogen) atoms. The lowest BCUT2D eigenvalue weighted by Crippen LogP contribution is -2.30. The molecule has 0 aromatic carbocycles. The van der Waals surface area contributed by atoms with Gasteiger partial charge in [0.25, 0.3) is 11.5 Å². The number of carbonyl (C=O) groups excluding carboxylic acids is 2. The van der Waals surface area contributed by atoms with Crippen molar-refractivity contribution in [1.82, 2.24) is 9.55 Å². The Hall–Kier alpha value is -2.52. The van der Waals surface area contributed by atoms with Crippen molar-refractivity contribution < 1.29 is 9.59 Å². The second-order valence-corrected chi connectivity index (χ2v) is 11.7. The van der Waals surface area contributed by atoms with E-state index in [9.17, 15) is 14.4 Å². The van der Waals surface area contributed by atoms with Gasteiger partial charge in [-0.25, -0.2) is 4.98 Å². The zero-order valence-corrected chi connectivity index (χ0v) is 20.8. The van der Waals surface area contributed by atoms with Crippen molar-refractivity contribution in [2.24, 2.45) is 17.6 Å². The van der Waals surface area contributed by atoms with Crippen molar-refractivity contribution in [3.63, 3.8) is 0 Å². The number of aryl methyl sites for hydroxylation is 2. The summed E-state index contributed by atoms with van der Waals surface area (Å²) >= 11 is 3.04. The van der Waals surface area contributed by atoms with Crippen LogP contribution in [0, 0.1) is 18.8 Å². The van der Waals surface area contributed by atoms with E-state index >= 15 is 0 Å². The fraction of sp³-hybridized carbons (Fsp3) is 0.500. The van der Waals surface area contributed by atoms with E-state index in [-0.39, 0.29) is 18.0 Å². The first-order valence-corrected chi connectivity index (χ1v) is 13.1. The Balaban J connectivity index is 1.46. The van der Waals surface area contributed by atoms with Gasteiger partial charge in [0.15, 0.2) is 0 Å². The molecule has 2 aliphatic carbocycles. The molecule has 0 spiro atoms. The Bertz CT molecular complexity index is 1350. The molecule has 0 saturated heterocycles. The quantitative estimate of drug-likeness (QED) is 0.587. The van der Waals surface area contributed by atoms with Crippen LogP contribution in [0.25, 0.3) is 10.2 Å². The third kappa shape index (κ3) is 3.91. The van der Waals surface area contributed by atoms with Gasteiger partial charge in [0.1, 0.15) is 22.2 Å². The van der Waals surface area contributed by atoms with E-state index in [1.165, 1.54) is 20.8 Å². The van der Waals surface area contributed by atoms with E-state index in [0.717, 1.165) is 59.4 Å². The fourth-order valence-corrected chi connectivity index (χ4v) is 7.97. The molecule has 174 valence electrons. The number of hydrogen-bond acceptors (Lipinski definition) is 6. The van der Waals surface area contributed by atoms with Crippen LogP contribution in [-0.4, -0.2) is 21.4 Å². The molecule has 3 aromatic heterocycles. The summed E-state index contributed by atoms with van der Waals surface area (Å²) in [6, 6.07) is 0. The van der Waals surface area contributed by atoms with Gasteiger partial charge >= 0.3 is 0 Å². The number of fused-ring (bicyclic) bond motifs is 4. The molecular formula is C24H28N4O3S2. The highest BCUT2D eigenvalue weighted by atomic mass is 32.1. The summed E-state index contributed by atoms with van der Waals surface area (Å²) < 4.78 is 1.45. The molecule has 7 nitrogen and oxygen atoms in total. The molecular weight excluding hydrogens is 456 g/mol. The van der Waals surface area contributed by atoms with Crippen molar-refractivity contribution in [1.29, 1.82) is 0 Å². The molecule has 3 N–H and O–H groups in total. The van der Waals surface area contributed by atoms with Gasteiger partial charge in [0.2, 0.25) is 5.91 Å². The van der Waals surface area contributed by atoms with Gasteiger partial charge in [-0.15, -0.1) is 22.7 Å². The van der Waals surface area contributed by atoms with E-state index in [2.05, 4.69) is 24.1 Å². The van der Waals surface area contributed by atoms with Crippen molar-refractivity contribution in [3.8, 4) is 0 Å². The first kappa shape index (κ1) is 22.3. The molecule has 3 aromatic rings. The maximum Gasteiger partial charge on any atom is 0.263 e. The molecule has 2 amide bonds.